The van der Waals surface area contributed by atoms with Gasteiger partial charge in [-0.2, -0.15) is 13.2 Å². The van der Waals surface area contributed by atoms with Crippen LogP contribution in [0.5, 0.6) is 0 Å². The predicted molar refractivity (Wildman–Crippen MR) is 58.9 cm³/mol. The standard InChI is InChI=1S/C11H14F3N3O/c12-11(13,14)8-1-5-15-9(17-8)16-7-10(2-3-10)4-6-18/h1,5,18H,2-4,6-7H2,(H,15,16,17). The summed E-state index contributed by atoms with van der Waals surface area (Å²) in [6.45, 7) is 0.583. The third kappa shape index (κ3) is 3.10. The summed E-state index contributed by atoms with van der Waals surface area (Å²) in [5.74, 6) is -0.0194. The van der Waals surface area contributed by atoms with Crippen LogP contribution in [0.3, 0.4) is 0 Å². The van der Waals surface area contributed by atoms with E-state index >= 15 is 0 Å². The highest BCUT2D eigenvalue weighted by Crippen LogP contribution is 2.48. The topological polar surface area (TPSA) is 58.0 Å². The first-order valence-corrected chi connectivity index (χ1v) is 5.70. The molecule has 2 N–H and O–H groups in total. The minimum atomic E-state index is -4.46. The summed E-state index contributed by atoms with van der Waals surface area (Å²) in [7, 11) is 0. The van der Waals surface area contributed by atoms with Gasteiger partial charge in [0.1, 0.15) is 5.69 Å². The molecule has 1 aliphatic carbocycles. The second-order valence-corrected chi connectivity index (χ2v) is 4.59. The van der Waals surface area contributed by atoms with Crippen molar-refractivity contribution in [2.24, 2.45) is 5.41 Å². The molecule has 0 bridgehead atoms. The fourth-order valence-corrected chi connectivity index (χ4v) is 1.80. The molecule has 18 heavy (non-hydrogen) atoms. The summed E-state index contributed by atoms with van der Waals surface area (Å²) >= 11 is 0. The van der Waals surface area contributed by atoms with Gasteiger partial charge in [0, 0.05) is 19.3 Å². The van der Waals surface area contributed by atoms with Crippen LogP contribution in [0.15, 0.2) is 12.3 Å². The molecule has 1 aromatic rings. The van der Waals surface area contributed by atoms with Gasteiger partial charge in [-0.05, 0) is 30.7 Å². The first kappa shape index (κ1) is 13.1. The molecule has 1 aliphatic rings. The molecule has 4 nitrogen and oxygen atoms in total. The molecule has 1 heterocycles. The van der Waals surface area contributed by atoms with Gasteiger partial charge in [-0.3, -0.25) is 0 Å². The molecule has 0 unspecified atom stereocenters. The normalized spacial score (nSPS) is 17.6. The molecule has 7 heteroatoms. The summed E-state index contributed by atoms with van der Waals surface area (Å²) in [5, 5.41) is 11.7. The lowest BCUT2D eigenvalue weighted by molar-refractivity contribution is -0.141. The number of alkyl halides is 3. The van der Waals surface area contributed by atoms with Crippen molar-refractivity contribution in [2.45, 2.75) is 25.4 Å². The fraction of sp³-hybridized carbons (Fsp3) is 0.636. The summed E-state index contributed by atoms with van der Waals surface area (Å²) in [6, 6.07) is 0.839. The second-order valence-electron chi connectivity index (χ2n) is 4.59. The minimum Gasteiger partial charge on any atom is -0.396 e. The quantitative estimate of drug-likeness (QED) is 0.852. The number of nitrogens with one attached hydrogen (secondary N) is 1. The average Bonchev–Trinajstić information content (AvgIpc) is 3.07. The lowest BCUT2D eigenvalue weighted by atomic mass is 10.0. The number of hydrogen-bond acceptors (Lipinski definition) is 4. The van der Waals surface area contributed by atoms with Gasteiger partial charge >= 0.3 is 6.18 Å². The van der Waals surface area contributed by atoms with Gasteiger partial charge in [0.2, 0.25) is 5.95 Å². The number of halogens is 3. The molecule has 0 spiro atoms. The van der Waals surface area contributed by atoms with Crippen LogP contribution in [0.2, 0.25) is 0 Å². The Morgan fingerprint density at radius 1 is 1.39 bits per heavy atom. The van der Waals surface area contributed by atoms with Crippen LogP contribution < -0.4 is 5.32 Å². The van der Waals surface area contributed by atoms with E-state index in [4.69, 9.17) is 5.11 Å². The zero-order chi connectivity index (χ0) is 13.2. The average molecular weight is 261 g/mol. The van der Waals surface area contributed by atoms with Gasteiger partial charge in [0.05, 0.1) is 0 Å². The number of aliphatic hydroxyl groups is 1. The van der Waals surface area contributed by atoms with Crippen molar-refractivity contribution < 1.29 is 18.3 Å². The molecule has 1 aromatic heterocycles. The molecule has 0 saturated heterocycles. The molecule has 1 saturated carbocycles. The highest BCUT2D eigenvalue weighted by Gasteiger charge is 2.41. The molecule has 100 valence electrons. The van der Waals surface area contributed by atoms with Gasteiger partial charge in [-0.25, -0.2) is 9.97 Å². The molecule has 2 rings (SSSR count). The summed E-state index contributed by atoms with van der Waals surface area (Å²) in [6.07, 6.45) is -0.774. The Balaban J connectivity index is 1.98. The number of anilines is 1. The number of rotatable bonds is 5. The number of aliphatic hydroxyl groups excluding tert-OH is 1. The van der Waals surface area contributed by atoms with Crippen molar-refractivity contribution >= 4 is 5.95 Å². The molecule has 0 aromatic carbocycles. The third-order valence-corrected chi connectivity index (χ3v) is 3.17. The maximum absolute atomic E-state index is 12.4. The summed E-state index contributed by atoms with van der Waals surface area (Å²) in [5.41, 5.74) is -0.946. The van der Waals surface area contributed by atoms with Gasteiger partial charge in [-0.15, -0.1) is 0 Å². The van der Waals surface area contributed by atoms with Crippen LogP contribution in [0.4, 0.5) is 19.1 Å². The van der Waals surface area contributed by atoms with E-state index in [1.54, 1.807) is 0 Å². The molecule has 0 amide bonds. The third-order valence-electron chi connectivity index (χ3n) is 3.17. The van der Waals surface area contributed by atoms with Crippen LogP contribution in [0.1, 0.15) is 25.0 Å². The highest BCUT2D eigenvalue weighted by atomic mass is 19.4. The van der Waals surface area contributed by atoms with E-state index < -0.39 is 11.9 Å². The second kappa shape index (κ2) is 4.72. The van der Waals surface area contributed by atoms with Crippen molar-refractivity contribution in [3.8, 4) is 0 Å². The molecule has 0 aliphatic heterocycles. The molecule has 0 atom stereocenters. The zero-order valence-corrected chi connectivity index (χ0v) is 9.67. The molecule has 0 radical (unpaired) electrons. The number of hydrogen-bond donors (Lipinski definition) is 2. The lowest BCUT2D eigenvalue weighted by Gasteiger charge is -2.15. The van der Waals surface area contributed by atoms with Crippen LogP contribution in [0.25, 0.3) is 0 Å². The molecular formula is C11H14F3N3O. The number of nitrogens with zero attached hydrogens (tertiary/aromatic N) is 2. The van der Waals surface area contributed by atoms with Gasteiger partial charge in [-0.1, -0.05) is 0 Å². The van der Waals surface area contributed by atoms with E-state index in [0.29, 0.717) is 13.0 Å². The Morgan fingerprint density at radius 3 is 2.67 bits per heavy atom. The smallest absolute Gasteiger partial charge is 0.396 e. The zero-order valence-electron chi connectivity index (χ0n) is 9.67. The van der Waals surface area contributed by atoms with Crippen molar-refractivity contribution in [3.63, 3.8) is 0 Å². The minimum absolute atomic E-state index is 0.00630. The first-order valence-electron chi connectivity index (χ1n) is 5.70. The van der Waals surface area contributed by atoms with Gasteiger partial charge in [0.15, 0.2) is 0 Å². The summed E-state index contributed by atoms with van der Waals surface area (Å²) < 4.78 is 37.3. The van der Waals surface area contributed by atoms with Crippen LogP contribution in [0, 0.1) is 5.41 Å². The van der Waals surface area contributed by atoms with E-state index in [-0.39, 0.29) is 18.0 Å². The van der Waals surface area contributed by atoms with E-state index in [1.807, 2.05) is 0 Å². The fourth-order valence-electron chi connectivity index (χ4n) is 1.80. The Bertz CT molecular complexity index is 418. The van der Waals surface area contributed by atoms with Crippen molar-refractivity contribution in [1.29, 1.82) is 0 Å². The van der Waals surface area contributed by atoms with E-state index in [9.17, 15) is 13.2 Å². The maximum atomic E-state index is 12.4. The van der Waals surface area contributed by atoms with Crippen LogP contribution >= 0.6 is 0 Å². The Labute approximate surface area is 102 Å². The SMILES string of the molecule is OCCC1(CNc2nccc(C(F)(F)F)n2)CC1. The maximum Gasteiger partial charge on any atom is 0.433 e. The largest absolute Gasteiger partial charge is 0.433 e. The summed E-state index contributed by atoms with van der Waals surface area (Å²) in [4.78, 5) is 7.18. The van der Waals surface area contributed by atoms with Crippen molar-refractivity contribution in [2.75, 3.05) is 18.5 Å². The molecular weight excluding hydrogens is 247 g/mol. The van der Waals surface area contributed by atoms with Gasteiger partial charge < -0.3 is 10.4 Å². The van der Waals surface area contributed by atoms with Gasteiger partial charge in [0.25, 0.3) is 0 Å². The van der Waals surface area contributed by atoms with E-state index in [1.165, 1.54) is 0 Å². The van der Waals surface area contributed by atoms with E-state index in [0.717, 1.165) is 25.1 Å². The monoisotopic (exact) mass is 261 g/mol. The Hall–Kier alpha value is -1.37. The number of aromatic nitrogens is 2. The highest BCUT2D eigenvalue weighted by molar-refractivity contribution is 5.27. The van der Waals surface area contributed by atoms with Crippen LogP contribution in [-0.4, -0.2) is 28.2 Å². The van der Waals surface area contributed by atoms with Crippen LogP contribution in [-0.2, 0) is 6.18 Å². The van der Waals surface area contributed by atoms with E-state index in [2.05, 4.69) is 15.3 Å². The predicted octanol–water partition coefficient (Wildman–Crippen LogP) is 2.07. The first-order chi connectivity index (χ1) is 8.45. The molecule has 1 fully saturated rings. The Kier molecular flexibility index (Phi) is 3.43. The lowest BCUT2D eigenvalue weighted by Crippen LogP contribution is -2.19. The van der Waals surface area contributed by atoms with Crippen molar-refractivity contribution in [1.82, 2.24) is 9.97 Å². The van der Waals surface area contributed by atoms with Crippen molar-refractivity contribution in [3.05, 3.63) is 18.0 Å². The Morgan fingerprint density at radius 2 is 2.11 bits per heavy atom.